The number of fused-ring (bicyclic) bond motifs is 2. The lowest BCUT2D eigenvalue weighted by Crippen LogP contribution is -2.23. The van der Waals surface area contributed by atoms with E-state index < -0.39 is 53.0 Å². The largest absolute Gasteiger partial charge is 0.396 e. The van der Waals surface area contributed by atoms with Crippen LogP contribution in [-0.4, -0.2) is 44.6 Å². The Hall–Kier alpha value is -3.78. The number of hydrogen-bond acceptors (Lipinski definition) is 9. The minimum Gasteiger partial charge on any atom is -0.396 e. The molecule has 0 saturated carbocycles. The van der Waals surface area contributed by atoms with E-state index in [2.05, 4.69) is 10.6 Å². The van der Waals surface area contributed by atoms with Gasteiger partial charge in [-0.05, 0) is 24.3 Å². The van der Waals surface area contributed by atoms with Crippen molar-refractivity contribution in [3.05, 3.63) is 70.8 Å². The lowest BCUT2D eigenvalue weighted by atomic mass is 9.83. The highest BCUT2D eigenvalue weighted by atomic mass is 32.2. The maximum absolute atomic E-state index is 13.3. The minimum atomic E-state index is -4.92. The highest BCUT2D eigenvalue weighted by Crippen LogP contribution is 2.40. The van der Waals surface area contributed by atoms with Crippen LogP contribution in [0.25, 0.3) is 0 Å². The Morgan fingerprint density at radius 3 is 1.91 bits per heavy atom. The van der Waals surface area contributed by atoms with Gasteiger partial charge in [0.05, 0.1) is 28.3 Å². The second-order valence-electron chi connectivity index (χ2n) is 7.29. The van der Waals surface area contributed by atoms with Crippen LogP contribution < -0.4 is 16.4 Å². The summed E-state index contributed by atoms with van der Waals surface area (Å²) >= 11 is 0. The second-order valence-corrected chi connectivity index (χ2v) is 10.0. The molecule has 0 aromatic heterocycles. The van der Waals surface area contributed by atoms with Crippen LogP contribution in [0, 0.1) is 0 Å². The van der Waals surface area contributed by atoms with Gasteiger partial charge in [-0.3, -0.25) is 18.7 Å². The van der Waals surface area contributed by atoms with Gasteiger partial charge >= 0.3 is 0 Å². The standard InChI is InChI=1S/C21H17N3O8S2/c1-23-14-8-7-13(17(22)21(14)34(30,31)32)24-18-15(33(27,28)29)9-6-12-16(18)20(26)11-5-3-2-4-10(11)19(12)25/h2-9,23-24H,22H2,1H3,(H,27,28,29)(H,30,31,32). The van der Waals surface area contributed by atoms with Crippen molar-refractivity contribution in [1.82, 2.24) is 0 Å². The summed E-state index contributed by atoms with van der Waals surface area (Å²) in [6.07, 6.45) is 0. The Balaban J connectivity index is 2.02. The van der Waals surface area contributed by atoms with Crippen molar-refractivity contribution < 1.29 is 35.5 Å². The van der Waals surface area contributed by atoms with Crippen molar-refractivity contribution in [2.45, 2.75) is 9.79 Å². The van der Waals surface area contributed by atoms with Gasteiger partial charge in [0, 0.05) is 23.7 Å². The SMILES string of the molecule is CNc1ccc(Nc2c(S(=O)(=O)O)ccc3c2C(=O)c2ccccc2C3=O)c(N)c1S(=O)(=O)O. The Kier molecular flexibility index (Phi) is 5.44. The summed E-state index contributed by atoms with van der Waals surface area (Å²) in [5.74, 6) is -1.24. The first-order valence-corrected chi connectivity index (χ1v) is 12.4. The first-order valence-electron chi connectivity index (χ1n) is 9.54. The molecule has 0 spiro atoms. The molecular formula is C21H17N3O8S2. The van der Waals surface area contributed by atoms with Crippen molar-refractivity contribution >= 4 is 54.6 Å². The monoisotopic (exact) mass is 503 g/mol. The zero-order valence-electron chi connectivity index (χ0n) is 17.4. The van der Waals surface area contributed by atoms with Gasteiger partial charge < -0.3 is 16.4 Å². The Labute approximate surface area is 194 Å². The lowest BCUT2D eigenvalue weighted by molar-refractivity contribution is 0.0979. The number of rotatable bonds is 5. The number of nitrogen functional groups attached to an aromatic ring is 1. The van der Waals surface area contributed by atoms with Gasteiger partial charge in [-0.2, -0.15) is 16.8 Å². The molecule has 0 bridgehead atoms. The number of benzene rings is 3. The molecule has 4 rings (SSSR count). The predicted octanol–water partition coefficient (Wildman–Crippen LogP) is 2.32. The number of hydrogen-bond donors (Lipinski definition) is 5. The molecule has 0 amide bonds. The topological polar surface area (TPSA) is 193 Å². The highest BCUT2D eigenvalue weighted by molar-refractivity contribution is 7.86. The highest BCUT2D eigenvalue weighted by Gasteiger charge is 2.35. The Morgan fingerprint density at radius 2 is 1.35 bits per heavy atom. The van der Waals surface area contributed by atoms with Crippen molar-refractivity contribution in [3.63, 3.8) is 0 Å². The van der Waals surface area contributed by atoms with Gasteiger partial charge in [-0.1, -0.05) is 24.3 Å². The van der Waals surface area contributed by atoms with Crippen molar-refractivity contribution in [2.75, 3.05) is 23.4 Å². The molecular weight excluding hydrogens is 486 g/mol. The van der Waals surface area contributed by atoms with E-state index in [9.17, 15) is 35.5 Å². The molecule has 13 heteroatoms. The van der Waals surface area contributed by atoms with Crippen LogP contribution in [0.1, 0.15) is 31.8 Å². The van der Waals surface area contributed by atoms with E-state index >= 15 is 0 Å². The summed E-state index contributed by atoms with van der Waals surface area (Å²) in [5, 5.41) is 5.14. The molecule has 0 radical (unpaired) electrons. The summed E-state index contributed by atoms with van der Waals surface area (Å²) in [6, 6.07) is 10.5. The van der Waals surface area contributed by atoms with Gasteiger partial charge in [-0.25, -0.2) is 0 Å². The van der Waals surface area contributed by atoms with Gasteiger partial charge in [0.25, 0.3) is 20.2 Å². The molecule has 11 nitrogen and oxygen atoms in total. The molecule has 3 aromatic carbocycles. The third kappa shape index (κ3) is 3.70. The van der Waals surface area contributed by atoms with Crippen molar-refractivity contribution in [2.24, 2.45) is 0 Å². The molecule has 176 valence electrons. The smallest absolute Gasteiger partial charge is 0.298 e. The number of carbonyl (C=O) groups is 2. The lowest BCUT2D eigenvalue weighted by Gasteiger charge is -2.23. The van der Waals surface area contributed by atoms with E-state index in [0.717, 1.165) is 12.1 Å². The molecule has 0 aliphatic heterocycles. The third-order valence-electron chi connectivity index (χ3n) is 5.32. The van der Waals surface area contributed by atoms with Crippen molar-refractivity contribution in [3.8, 4) is 0 Å². The van der Waals surface area contributed by atoms with E-state index in [1.807, 2.05) is 0 Å². The summed E-state index contributed by atoms with van der Waals surface area (Å²) in [5.41, 5.74) is 4.41. The first kappa shape index (κ1) is 23.4. The summed E-state index contributed by atoms with van der Waals surface area (Å²) in [6.45, 7) is 0. The Bertz CT molecular complexity index is 1610. The minimum absolute atomic E-state index is 0.0210. The molecule has 1 aliphatic rings. The van der Waals surface area contributed by atoms with E-state index in [4.69, 9.17) is 5.73 Å². The predicted molar refractivity (Wildman–Crippen MR) is 123 cm³/mol. The maximum atomic E-state index is 13.3. The molecule has 3 aromatic rings. The quantitative estimate of drug-likeness (QED) is 0.198. The molecule has 0 heterocycles. The fourth-order valence-corrected chi connectivity index (χ4v) is 5.31. The third-order valence-corrected chi connectivity index (χ3v) is 7.17. The zero-order chi connectivity index (χ0) is 25.0. The van der Waals surface area contributed by atoms with Crippen LogP contribution in [0.3, 0.4) is 0 Å². The average molecular weight is 504 g/mol. The Morgan fingerprint density at radius 1 is 0.765 bits per heavy atom. The van der Waals surface area contributed by atoms with Crippen LogP contribution in [0.4, 0.5) is 22.7 Å². The first-order chi connectivity index (χ1) is 15.9. The normalized spacial score (nSPS) is 13.3. The molecule has 0 fully saturated rings. The van der Waals surface area contributed by atoms with Crippen LogP contribution >= 0.6 is 0 Å². The fraction of sp³-hybridized carbons (Fsp3) is 0.0476. The molecule has 0 unspecified atom stereocenters. The van der Waals surface area contributed by atoms with E-state index in [1.54, 1.807) is 6.07 Å². The second kappa shape index (κ2) is 7.92. The number of carbonyl (C=O) groups excluding carboxylic acids is 2. The van der Waals surface area contributed by atoms with Crippen LogP contribution in [0.2, 0.25) is 0 Å². The summed E-state index contributed by atoms with van der Waals surface area (Å²) in [7, 11) is -8.35. The molecule has 0 atom stereocenters. The fourth-order valence-electron chi connectivity index (χ4n) is 3.82. The molecule has 0 saturated heterocycles. The van der Waals surface area contributed by atoms with Crippen LogP contribution in [-0.2, 0) is 20.2 Å². The van der Waals surface area contributed by atoms with E-state index in [0.29, 0.717) is 0 Å². The number of nitrogens with one attached hydrogen (secondary N) is 2. The summed E-state index contributed by atoms with van der Waals surface area (Å²) in [4.78, 5) is 24.9. The van der Waals surface area contributed by atoms with E-state index in [-0.39, 0.29) is 33.6 Å². The molecule has 1 aliphatic carbocycles. The molecule has 34 heavy (non-hydrogen) atoms. The maximum Gasteiger partial charge on any atom is 0.298 e. The van der Waals surface area contributed by atoms with Crippen molar-refractivity contribution in [1.29, 1.82) is 0 Å². The van der Waals surface area contributed by atoms with Gasteiger partial charge in [0.2, 0.25) is 0 Å². The summed E-state index contributed by atoms with van der Waals surface area (Å²) < 4.78 is 67.5. The number of anilines is 4. The average Bonchev–Trinajstić information content (AvgIpc) is 2.76. The van der Waals surface area contributed by atoms with Crippen LogP contribution in [0.15, 0.2) is 58.3 Å². The van der Waals surface area contributed by atoms with Gasteiger partial charge in [0.15, 0.2) is 11.6 Å². The number of ketones is 2. The van der Waals surface area contributed by atoms with Crippen LogP contribution in [0.5, 0.6) is 0 Å². The van der Waals surface area contributed by atoms with Gasteiger partial charge in [-0.15, -0.1) is 0 Å². The number of nitrogens with two attached hydrogens (primary N) is 1. The van der Waals surface area contributed by atoms with E-state index in [1.165, 1.54) is 37.4 Å². The molecule has 6 N–H and O–H groups in total. The van der Waals surface area contributed by atoms with Gasteiger partial charge in [0.1, 0.15) is 9.79 Å². The zero-order valence-corrected chi connectivity index (χ0v) is 19.0.